The van der Waals surface area contributed by atoms with Crippen LogP contribution in [0.4, 0.5) is 0 Å². The molecule has 0 saturated carbocycles. The lowest BCUT2D eigenvalue weighted by atomic mass is 9.92. The highest BCUT2D eigenvalue weighted by Crippen LogP contribution is 2.23. The van der Waals surface area contributed by atoms with Gasteiger partial charge >= 0.3 is 0 Å². The molecule has 1 saturated heterocycles. The summed E-state index contributed by atoms with van der Waals surface area (Å²) >= 11 is 0. The van der Waals surface area contributed by atoms with Crippen LogP contribution in [0.3, 0.4) is 0 Å². The first-order chi connectivity index (χ1) is 9.85. The Balaban J connectivity index is 0.00000242. The maximum Gasteiger partial charge on any atom is 0.0230 e. The van der Waals surface area contributed by atoms with Crippen LogP contribution in [0.2, 0.25) is 0 Å². The van der Waals surface area contributed by atoms with Gasteiger partial charge < -0.3 is 15.5 Å². The second-order valence-corrected chi connectivity index (χ2v) is 7.66. The number of benzene rings is 1. The Labute approximate surface area is 142 Å². The summed E-state index contributed by atoms with van der Waals surface area (Å²) in [6, 6.07) is 11.0. The van der Waals surface area contributed by atoms with Gasteiger partial charge in [-0.15, -0.1) is 12.4 Å². The second-order valence-electron chi connectivity index (χ2n) is 7.66. The lowest BCUT2D eigenvalue weighted by Gasteiger charge is -2.34. The zero-order chi connectivity index (χ0) is 15.5. The van der Waals surface area contributed by atoms with Crippen molar-refractivity contribution in [3.63, 3.8) is 0 Å². The Bertz CT molecular complexity index is 425. The molecule has 0 spiro atoms. The predicted molar refractivity (Wildman–Crippen MR) is 97.4 cm³/mol. The minimum absolute atomic E-state index is 0. The van der Waals surface area contributed by atoms with Gasteiger partial charge in [-0.05, 0) is 23.9 Å². The van der Waals surface area contributed by atoms with E-state index in [0.29, 0.717) is 12.0 Å². The first-order valence-electron chi connectivity index (χ1n) is 8.06. The summed E-state index contributed by atoms with van der Waals surface area (Å²) in [6.07, 6.45) is 0. The van der Waals surface area contributed by atoms with Gasteiger partial charge in [0.05, 0.1) is 0 Å². The molecule has 1 aromatic rings. The molecule has 2 rings (SSSR count). The second kappa shape index (κ2) is 8.30. The lowest BCUT2D eigenvalue weighted by Crippen LogP contribution is -2.41. The molecule has 1 fully saturated rings. The van der Waals surface area contributed by atoms with Gasteiger partial charge in [-0.25, -0.2) is 0 Å². The molecule has 1 heterocycles. The highest BCUT2D eigenvalue weighted by molar-refractivity contribution is 5.85. The molecule has 1 aromatic carbocycles. The normalized spacial score (nSPS) is 22.8. The van der Waals surface area contributed by atoms with Crippen molar-refractivity contribution in [3.8, 4) is 0 Å². The summed E-state index contributed by atoms with van der Waals surface area (Å²) in [4.78, 5) is 4.96. The van der Waals surface area contributed by atoms with E-state index in [9.17, 15) is 0 Å². The maximum absolute atomic E-state index is 6.14. The molecule has 22 heavy (non-hydrogen) atoms. The molecule has 2 N–H and O–H groups in total. The van der Waals surface area contributed by atoms with Crippen molar-refractivity contribution in [3.05, 3.63) is 35.9 Å². The smallest absolute Gasteiger partial charge is 0.0230 e. The number of hydrogen-bond acceptors (Lipinski definition) is 3. The number of hydrogen-bond donors (Lipinski definition) is 1. The molecule has 2 atom stereocenters. The number of likely N-dealkylation sites (tertiary alicyclic amines) is 1. The number of halogens is 1. The predicted octanol–water partition coefficient (Wildman–Crippen LogP) is 2.85. The maximum atomic E-state index is 6.14. The summed E-state index contributed by atoms with van der Waals surface area (Å²) in [5, 5.41) is 0. The third kappa shape index (κ3) is 5.88. The van der Waals surface area contributed by atoms with Crippen molar-refractivity contribution in [1.29, 1.82) is 0 Å². The van der Waals surface area contributed by atoms with E-state index >= 15 is 0 Å². The van der Waals surface area contributed by atoms with Gasteiger partial charge in [-0.1, -0.05) is 51.1 Å². The molecular weight excluding hydrogens is 294 g/mol. The highest BCUT2D eigenvalue weighted by Gasteiger charge is 2.31. The minimum Gasteiger partial charge on any atom is -0.326 e. The van der Waals surface area contributed by atoms with Crippen molar-refractivity contribution in [2.45, 2.75) is 33.4 Å². The summed E-state index contributed by atoms with van der Waals surface area (Å²) < 4.78 is 0. The largest absolute Gasteiger partial charge is 0.326 e. The standard InChI is InChI=1S/C18H31N3.ClH/c1-15-10-21(12-17(15)19)14-18(2,3)13-20(4)11-16-8-6-5-7-9-16;/h5-9,15,17H,10-14,19H2,1-4H3;1H. The SMILES string of the molecule is CC1CN(CC(C)(C)CN(C)Cc2ccccc2)CC1N.Cl. The summed E-state index contributed by atoms with van der Waals surface area (Å²) in [7, 11) is 2.22. The van der Waals surface area contributed by atoms with E-state index < -0.39 is 0 Å². The van der Waals surface area contributed by atoms with Crippen LogP contribution in [0.5, 0.6) is 0 Å². The first-order valence-corrected chi connectivity index (χ1v) is 8.06. The van der Waals surface area contributed by atoms with Gasteiger partial charge in [-0.2, -0.15) is 0 Å². The van der Waals surface area contributed by atoms with Crippen LogP contribution in [-0.4, -0.2) is 49.1 Å². The summed E-state index contributed by atoms with van der Waals surface area (Å²) in [6.45, 7) is 12.4. The number of rotatable bonds is 6. The summed E-state index contributed by atoms with van der Waals surface area (Å²) in [5.74, 6) is 0.628. The topological polar surface area (TPSA) is 32.5 Å². The Hall–Kier alpha value is -0.610. The van der Waals surface area contributed by atoms with Crippen LogP contribution in [0.25, 0.3) is 0 Å². The zero-order valence-electron chi connectivity index (χ0n) is 14.5. The fourth-order valence-corrected chi connectivity index (χ4v) is 3.56. The molecule has 1 aliphatic heterocycles. The molecule has 0 aromatic heterocycles. The van der Waals surface area contributed by atoms with E-state index in [0.717, 1.165) is 32.7 Å². The molecule has 0 amide bonds. The number of nitrogens with zero attached hydrogens (tertiary/aromatic N) is 2. The Morgan fingerprint density at radius 1 is 1.23 bits per heavy atom. The van der Waals surface area contributed by atoms with Crippen molar-refractivity contribution < 1.29 is 0 Å². The van der Waals surface area contributed by atoms with Gasteiger partial charge in [-0.3, -0.25) is 0 Å². The Morgan fingerprint density at radius 3 is 2.41 bits per heavy atom. The average Bonchev–Trinajstić information content (AvgIpc) is 2.67. The minimum atomic E-state index is 0. The van der Waals surface area contributed by atoms with Gasteiger partial charge in [0.2, 0.25) is 0 Å². The van der Waals surface area contributed by atoms with Crippen LogP contribution in [-0.2, 0) is 6.54 Å². The van der Waals surface area contributed by atoms with E-state index in [4.69, 9.17) is 5.73 Å². The fraction of sp³-hybridized carbons (Fsp3) is 0.667. The van der Waals surface area contributed by atoms with Gasteiger partial charge in [0.25, 0.3) is 0 Å². The molecular formula is C18H32ClN3. The molecule has 4 heteroatoms. The average molecular weight is 326 g/mol. The van der Waals surface area contributed by atoms with Gasteiger partial charge in [0, 0.05) is 38.8 Å². The number of nitrogens with two attached hydrogens (primary N) is 1. The van der Waals surface area contributed by atoms with Gasteiger partial charge in [0.15, 0.2) is 0 Å². The highest BCUT2D eigenvalue weighted by atomic mass is 35.5. The molecule has 0 radical (unpaired) electrons. The van der Waals surface area contributed by atoms with E-state index in [-0.39, 0.29) is 17.8 Å². The molecule has 0 bridgehead atoms. The van der Waals surface area contributed by atoms with Crippen molar-refractivity contribution in [1.82, 2.24) is 9.80 Å². The Kier molecular flexibility index (Phi) is 7.33. The third-order valence-corrected chi connectivity index (χ3v) is 4.39. The van der Waals surface area contributed by atoms with E-state index in [1.807, 2.05) is 0 Å². The molecule has 2 unspecified atom stereocenters. The monoisotopic (exact) mass is 325 g/mol. The van der Waals surface area contributed by atoms with Gasteiger partial charge in [0.1, 0.15) is 0 Å². The van der Waals surface area contributed by atoms with Crippen molar-refractivity contribution in [2.75, 3.05) is 33.2 Å². The van der Waals surface area contributed by atoms with Crippen LogP contribution in [0, 0.1) is 11.3 Å². The molecule has 3 nitrogen and oxygen atoms in total. The van der Waals surface area contributed by atoms with Crippen molar-refractivity contribution >= 4 is 12.4 Å². The zero-order valence-corrected chi connectivity index (χ0v) is 15.3. The third-order valence-electron chi connectivity index (χ3n) is 4.39. The molecule has 0 aliphatic carbocycles. The van der Waals surface area contributed by atoms with Crippen LogP contribution >= 0.6 is 12.4 Å². The van der Waals surface area contributed by atoms with E-state index in [1.54, 1.807) is 0 Å². The quantitative estimate of drug-likeness (QED) is 0.873. The molecule has 126 valence electrons. The Morgan fingerprint density at radius 2 is 1.86 bits per heavy atom. The van der Waals surface area contributed by atoms with E-state index in [1.165, 1.54) is 5.56 Å². The van der Waals surface area contributed by atoms with Crippen LogP contribution < -0.4 is 5.73 Å². The van der Waals surface area contributed by atoms with Crippen LogP contribution in [0.1, 0.15) is 26.3 Å². The van der Waals surface area contributed by atoms with Crippen LogP contribution in [0.15, 0.2) is 30.3 Å². The fourth-order valence-electron chi connectivity index (χ4n) is 3.56. The first kappa shape index (κ1) is 19.4. The lowest BCUT2D eigenvalue weighted by molar-refractivity contribution is 0.143. The van der Waals surface area contributed by atoms with E-state index in [2.05, 4.69) is 68.0 Å². The van der Waals surface area contributed by atoms with Crippen molar-refractivity contribution in [2.24, 2.45) is 17.1 Å². The molecule has 1 aliphatic rings. The summed E-state index contributed by atoms with van der Waals surface area (Å²) in [5.41, 5.74) is 7.81.